The van der Waals surface area contributed by atoms with Gasteiger partial charge in [0.05, 0.1) is 0 Å². The first-order valence-electron chi connectivity index (χ1n) is 34.6. The maximum Gasteiger partial charge on any atom is 0.220 e. The van der Waals surface area contributed by atoms with Crippen molar-refractivity contribution in [2.45, 2.75) is 324 Å². The quantitative estimate of drug-likeness (QED) is 0.0270. The van der Waals surface area contributed by atoms with Gasteiger partial charge in [-0.05, 0) is 174 Å². The second-order valence-electron chi connectivity index (χ2n) is 35.0. The number of rotatable bonds is 27. The molecule has 0 bridgehead atoms. The van der Waals surface area contributed by atoms with E-state index >= 15 is 0 Å². The number of benzene rings is 4. The standard InChI is InChI=1S/C80H126N4O8/c1-73(2,3)57-43-51(44-58(69(57)89)74(4,5)6)31-37-65(85)81-41-27-25-26-29-55(83-67(87)39-33-53-47-61(77(13,14)15)71(91)62(48-53)78(16,17)18)35-36-56(84-68(88)40-34-54-49-63(79(19,20)21)72(92)64(50-54)80(22,23)24)30-28-42-82-66(86)38-32-52-45-59(75(7,8)9)70(90)60(46-52)76(10,11)12/h43-50,55-56,89-92H,25-42H2,1-24H3,(H,81,85)(H,82,86)(H,83,87)(H,84,88). The van der Waals surface area contributed by atoms with Gasteiger partial charge in [-0.15, -0.1) is 0 Å². The van der Waals surface area contributed by atoms with Crippen molar-refractivity contribution in [3.8, 4) is 23.0 Å². The third-order valence-electron chi connectivity index (χ3n) is 17.9. The summed E-state index contributed by atoms with van der Waals surface area (Å²) in [6, 6.07) is 15.8. The largest absolute Gasteiger partial charge is 0.507 e. The molecule has 0 aromatic heterocycles. The first kappa shape index (κ1) is 78.4. The van der Waals surface area contributed by atoms with Gasteiger partial charge in [-0.25, -0.2) is 0 Å². The zero-order chi connectivity index (χ0) is 69.9. The van der Waals surface area contributed by atoms with Crippen molar-refractivity contribution >= 4 is 23.6 Å². The summed E-state index contributed by atoms with van der Waals surface area (Å²) in [5.41, 5.74) is 8.58. The molecule has 0 radical (unpaired) electrons. The lowest BCUT2D eigenvalue weighted by Crippen LogP contribution is -2.39. The van der Waals surface area contributed by atoms with Gasteiger partial charge in [0.2, 0.25) is 23.6 Å². The molecule has 4 aromatic rings. The summed E-state index contributed by atoms with van der Waals surface area (Å²) in [5.74, 6) is 1.01. The molecule has 0 fully saturated rings. The number of hydrogen-bond acceptors (Lipinski definition) is 8. The first-order chi connectivity index (χ1) is 42.0. The van der Waals surface area contributed by atoms with Crippen LogP contribution < -0.4 is 21.3 Å². The number of unbranched alkanes of at least 4 members (excludes halogenated alkanes) is 2. The smallest absolute Gasteiger partial charge is 0.220 e. The Balaban J connectivity index is 1.55. The summed E-state index contributed by atoms with van der Waals surface area (Å²) in [7, 11) is 0. The van der Waals surface area contributed by atoms with Gasteiger partial charge in [0, 0.05) is 50.9 Å². The minimum absolute atomic E-state index is 0.0192. The average Bonchev–Trinajstić information content (AvgIpc) is 0.817. The highest BCUT2D eigenvalue weighted by molar-refractivity contribution is 5.78. The molecule has 0 saturated carbocycles. The molecule has 514 valence electrons. The Kier molecular flexibility index (Phi) is 26.8. The second-order valence-corrected chi connectivity index (χ2v) is 35.0. The molecule has 4 amide bonds. The fraction of sp³-hybridized carbons (Fsp3) is 0.650. The van der Waals surface area contributed by atoms with Crippen molar-refractivity contribution < 1.29 is 39.6 Å². The summed E-state index contributed by atoms with van der Waals surface area (Å²) >= 11 is 0. The highest BCUT2D eigenvalue weighted by Crippen LogP contribution is 2.44. The summed E-state index contributed by atoms with van der Waals surface area (Å²) < 4.78 is 0. The molecule has 2 unspecified atom stereocenters. The molecule has 4 rings (SSSR count). The zero-order valence-corrected chi connectivity index (χ0v) is 61.9. The van der Waals surface area contributed by atoms with Crippen LogP contribution in [-0.4, -0.2) is 69.2 Å². The Morgan fingerprint density at radius 2 is 0.500 bits per heavy atom. The van der Waals surface area contributed by atoms with Gasteiger partial charge >= 0.3 is 0 Å². The van der Waals surface area contributed by atoms with Gasteiger partial charge in [-0.3, -0.25) is 19.2 Å². The fourth-order valence-corrected chi connectivity index (χ4v) is 12.2. The van der Waals surface area contributed by atoms with Crippen molar-refractivity contribution in [2.24, 2.45) is 0 Å². The number of hydrogen-bond donors (Lipinski definition) is 8. The molecule has 8 N–H and O–H groups in total. The van der Waals surface area contributed by atoms with Crippen molar-refractivity contribution in [3.63, 3.8) is 0 Å². The molecular formula is C80H126N4O8. The van der Waals surface area contributed by atoms with Crippen LogP contribution in [0.1, 0.15) is 310 Å². The van der Waals surface area contributed by atoms with Crippen LogP contribution in [0.2, 0.25) is 0 Å². The van der Waals surface area contributed by atoms with Gasteiger partial charge < -0.3 is 41.7 Å². The van der Waals surface area contributed by atoms with Crippen molar-refractivity contribution in [2.75, 3.05) is 13.1 Å². The van der Waals surface area contributed by atoms with Crippen LogP contribution in [-0.2, 0) is 88.2 Å². The molecule has 2 atom stereocenters. The third-order valence-corrected chi connectivity index (χ3v) is 17.9. The van der Waals surface area contributed by atoms with Gasteiger partial charge in [-0.1, -0.05) is 228 Å². The maximum atomic E-state index is 14.2. The molecule has 4 aromatic carbocycles. The van der Waals surface area contributed by atoms with Gasteiger partial charge in [0.25, 0.3) is 0 Å². The minimum atomic E-state index is -0.316. The van der Waals surface area contributed by atoms with Crippen molar-refractivity contribution in [3.05, 3.63) is 115 Å². The normalized spacial score (nSPS) is 13.6. The Morgan fingerprint density at radius 1 is 0.293 bits per heavy atom. The van der Waals surface area contributed by atoms with E-state index in [-0.39, 0.29) is 98.3 Å². The van der Waals surface area contributed by atoms with E-state index in [4.69, 9.17) is 0 Å². The first-order valence-corrected chi connectivity index (χ1v) is 34.6. The van der Waals surface area contributed by atoms with Crippen LogP contribution in [0.4, 0.5) is 0 Å². The van der Waals surface area contributed by atoms with Crippen molar-refractivity contribution in [1.29, 1.82) is 0 Å². The molecule has 92 heavy (non-hydrogen) atoms. The molecule has 0 spiro atoms. The summed E-state index contributed by atoms with van der Waals surface area (Å²) in [6.07, 6.45) is 8.72. The summed E-state index contributed by atoms with van der Waals surface area (Å²) in [6.45, 7) is 51.1. The van der Waals surface area contributed by atoms with Crippen LogP contribution >= 0.6 is 0 Å². The molecule has 0 saturated heterocycles. The number of phenols is 4. The number of carbonyl (C=O) groups is 4. The maximum absolute atomic E-state index is 14.2. The Bertz CT molecular complexity index is 3010. The van der Waals surface area contributed by atoms with Crippen molar-refractivity contribution in [1.82, 2.24) is 21.3 Å². The third kappa shape index (κ3) is 24.1. The lowest BCUT2D eigenvalue weighted by atomic mass is 9.78. The SMILES string of the molecule is CC(C)(C)c1cc(CCC(=O)NCCCCCC(CCC(CCCNC(=O)CCc2cc(C(C)(C)C)c(O)c(C(C)(C)C)c2)NC(=O)CCc2cc(C(C)(C)C)c(O)c(C(C)(C)C)c2)NC(=O)CCc2cc(C(C)(C)C)c(O)c(C(C)(C)C)c2)cc(C(C)(C)C)c1O. The summed E-state index contributed by atoms with van der Waals surface area (Å²) in [5, 5.41) is 58.5. The van der Waals surface area contributed by atoms with Crippen LogP contribution in [0, 0.1) is 0 Å². The molecule has 12 nitrogen and oxygen atoms in total. The average molecular weight is 1270 g/mol. The van der Waals surface area contributed by atoms with Crippen LogP contribution in [0.3, 0.4) is 0 Å². The van der Waals surface area contributed by atoms with E-state index in [0.717, 1.165) is 86.0 Å². The van der Waals surface area contributed by atoms with E-state index in [9.17, 15) is 39.6 Å². The van der Waals surface area contributed by atoms with Gasteiger partial charge in [0.1, 0.15) is 23.0 Å². The number of amides is 4. The Morgan fingerprint density at radius 3 is 0.728 bits per heavy atom. The van der Waals surface area contributed by atoms with E-state index in [1.54, 1.807) is 0 Å². The van der Waals surface area contributed by atoms with Crippen LogP contribution in [0.25, 0.3) is 0 Å². The van der Waals surface area contributed by atoms with E-state index in [2.05, 4.69) is 187 Å². The highest BCUT2D eigenvalue weighted by Gasteiger charge is 2.32. The predicted octanol–water partition coefficient (Wildman–Crippen LogP) is 17.0. The number of phenolic OH excluding ortho intramolecular Hbond substituents is 4. The van der Waals surface area contributed by atoms with Crippen LogP contribution in [0.15, 0.2) is 48.5 Å². The predicted molar refractivity (Wildman–Crippen MR) is 382 cm³/mol. The number of carbonyl (C=O) groups excluding carboxylic acids is 4. The Labute approximate surface area is 557 Å². The second kappa shape index (κ2) is 31.5. The van der Waals surface area contributed by atoms with Gasteiger partial charge in [0.15, 0.2) is 0 Å². The molecular weight excluding hydrogens is 1140 g/mol. The Hall–Kier alpha value is -6.04. The summed E-state index contributed by atoms with van der Waals surface area (Å²) in [4.78, 5) is 55.2. The number of nitrogens with one attached hydrogen (secondary N) is 4. The molecule has 0 heterocycles. The van der Waals surface area contributed by atoms with E-state index in [1.807, 2.05) is 48.5 Å². The molecule has 0 aliphatic rings. The van der Waals surface area contributed by atoms with E-state index < -0.39 is 0 Å². The van der Waals surface area contributed by atoms with Crippen LogP contribution in [0.5, 0.6) is 23.0 Å². The molecule has 12 heteroatoms. The zero-order valence-electron chi connectivity index (χ0n) is 61.9. The van der Waals surface area contributed by atoms with E-state index in [1.165, 1.54) is 0 Å². The molecule has 0 aliphatic carbocycles. The topological polar surface area (TPSA) is 197 Å². The lowest BCUT2D eigenvalue weighted by Gasteiger charge is -2.28. The fourth-order valence-electron chi connectivity index (χ4n) is 12.2. The lowest BCUT2D eigenvalue weighted by molar-refractivity contribution is -0.123. The molecule has 0 aliphatic heterocycles. The van der Waals surface area contributed by atoms with Gasteiger partial charge in [-0.2, -0.15) is 0 Å². The van der Waals surface area contributed by atoms with E-state index in [0.29, 0.717) is 100 Å². The highest BCUT2D eigenvalue weighted by atomic mass is 16.3. The number of aromatic hydroxyl groups is 4. The minimum Gasteiger partial charge on any atom is -0.507 e. The monoisotopic (exact) mass is 1270 g/mol. The number of aryl methyl sites for hydroxylation is 4.